The maximum absolute atomic E-state index is 12.8. The van der Waals surface area contributed by atoms with E-state index in [2.05, 4.69) is 13.5 Å². The number of hydrogen-bond acceptors (Lipinski definition) is 4. The highest BCUT2D eigenvalue weighted by Gasteiger charge is 2.78. The van der Waals surface area contributed by atoms with Gasteiger partial charge in [0, 0.05) is 23.3 Å². The molecule has 0 aromatic carbocycles. The molecule has 27 heavy (non-hydrogen) atoms. The molecule has 4 nitrogen and oxygen atoms in total. The summed E-state index contributed by atoms with van der Waals surface area (Å²) in [5.41, 5.74) is 0.480. The number of rotatable bonds is 5. The fourth-order valence-electron chi connectivity index (χ4n) is 8.05. The van der Waals surface area contributed by atoms with Gasteiger partial charge in [-0.05, 0) is 75.0 Å². The summed E-state index contributed by atoms with van der Waals surface area (Å²) in [7, 11) is 0. The zero-order valence-electron chi connectivity index (χ0n) is 16.7. The highest BCUT2D eigenvalue weighted by atomic mass is 16.6. The molecule has 1 spiro atoms. The molecule has 0 heterocycles. The van der Waals surface area contributed by atoms with Crippen LogP contribution in [0.15, 0.2) is 12.2 Å². The SMILES string of the molecule is C=C(C)C(=O)OCC(=O)OC1(C2CC3CCC2C3)C2CC(C)CC3(C2)CC31. The minimum atomic E-state index is -0.511. The quantitative estimate of drug-likeness (QED) is 0.534. The summed E-state index contributed by atoms with van der Waals surface area (Å²) in [6.45, 7) is 7.27. The van der Waals surface area contributed by atoms with E-state index in [9.17, 15) is 9.59 Å². The molecule has 5 rings (SSSR count). The summed E-state index contributed by atoms with van der Waals surface area (Å²) in [5, 5.41) is 0. The van der Waals surface area contributed by atoms with Gasteiger partial charge in [-0.2, -0.15) is 0 Å². The van der Waals surface area contributed by atoms with Gasteiger partial charge in [0.1, 0.15) is 5.60 Å². The van der Waals surface area contributed by atoms with Crippen molar-refractivity contribution in [3.8, 4) is 0 Å². The first kappa shape index (κ1) is 17.8. The van der Waals surface area contributed by atoms with Crippen LogP contribution >= 0.6 is 0 Å². The summed E-state index contributed by atoms with van der Waals surface area (Å²) in [5.74, 6) is 3.01. The molecule has 4 bridgehead atoms. The van der Waals surface area contributed by atoms with Crippen molar-refractivity contribution >= 4 is 11.9 Å². The number of fused-ring (bicyclic) bond motifs is 3. The Labute approximate surface area is 162 Å². The van der Waals surface area contributed by atoms with Crippen LogP contribution in [0.4, 0.5) is 0 Å². The summed E-state index contributed by atoms with van der Waals surface area (Å²) in [6.07, 6.45) is 10.2. The van der Waals surface area contributed by atoms with Crippen LogP contribution in [0.1, 0.15) is 65.2 Å². The van der Waals surface area contributed by atoms with Crippen LogP contribution in [0.5, 0.6) is 0 Å². The third-order valence-electron chi connectivity index (χ3n) is 8.75. The summed E-state index contributed by atoms with van der Waals surface area (Å²) >= 11 is 0. The van der Waals surface area contributed by atoms with E-state index in [1.807, 2.05) is 0 Å². The summed E-state index contributed by atoms with van der Waals surface area (Å²) in [4.78, 5) is 24.5. The molecule has 8 unspecified atom stereocenters. The Hall–Kier alpha value is -1.32. The number of ether oxygens (including phenoxy) is 2. The smallest absolute Gasteiger partial charge is 0.344 e. The predicted molar refractivity (Wildman–Crippen MR) is 101 cm³/mol. The standard InChI is InChI=1S/C23H32O4/c1-13(2)21(25)26-12-20(24)27-23(18-8-15-4-5-16(18)7-15)17-6-14(3)9-22(10-17)11-19(22)23/h14-19H,1,4-12H2,2-3H3. The highest BCUT2D eigenvalue weighted by molar-refractivity contribution is 5.88. The number of hydrogen-bond donors (Lipinski definition) is 0. The van der Waals surface area contributed by atoms with E-state index in [0.717, 1.165) is 17.8 Å². The first-order valence-electron chi connectivity index (χ1n) is 10.9. The zero-order chi connectivity index (χ0) is 19.0. The van der Waals surface area contributed by atoms with E-state index in [1.165, 1.54) is 51.4 Å². The molecule has 0 saturated heterocycles. The summed E-state index contributed by atoms with van der Waals surface area (Å²) < 4.78 is 11.5. The Kier molecular flexibility index (Phi) is 3.84. The van der Waals surface area contributed by atoms with Gasteiger partial charge in [-0.25, -0.2) is 9.59 Å². The van der Waals surface area contributed by atoms with Crippen molar-refractivity contribution < 1.29 is 19.1 Å². The Morgan fingerprint density at radius 1 is 1.11 bits per heavy atom. The van der Waals surface area contributed by atoms with Crippen molar-refractivity contribution in [3.05, 3.63) is 12.2 Å². The van der Waals surface area contributed by atoms with E-state index < -0.39 is 5.97 Å². The lowest BCUT2D eigenvalue weighted by molar-refractivity contribution is -0.188. The normalized spacial score (nSPS) is 48.8. The van der Waals surface area contributed by atoms with Crippen molar-refractivity contribution in [1.82, 2.24) is 0 Å². The average molecular weight is 373 g/mol. The van der Waals surface area contributed by atoms with Gasteiger partial charge in [0.15, 0.2) is 6.61 Å². The van der Waals surface area contributed by atoms with E-state index in [0.29, 0.717) is 28.7 Å². The molecule has 5 aliphatic carbocycles. The van der Waals surface area contributed by atoms with Crippen molar-refractivity contribution in [2.45, 2.75) is 70.8 Å². The second-order valence-corrected chi connectivity index (χ2v) is 10.5. The Balaban J connectivity index is 1.40. The third-order valence-corrected chi connectivity index (χ3v) is 8.75. The van der Waals surface area contributed by atoms with Gasteiger partial charge in [-0.1, -0.05) is 19.9 Å². The molecule has 5 fully saturated rings. The second kappa shape index (κ2) is 5.84. The van der Waals surface area contributed by atoms with Crippen LogP contribution in [0, 0.1) is 40.9 Å². The molecule has 0 amide bonds. The minimum Gasteiger partial charge on any atom is -0.456 e. The fraction of sp³-hybridized carbons (Fsp3) is 0.826. The second-order valence-electron chi connectivity index (χ2n) is 10.5. The van der Waals surface area contributed by atoms with Gasteiger partial charge in [0.25, 0.3) is 0 Å². The molecular weight excluding hydrogens is 340 g/mol. The number of carbonyl (C=O) groups excluding carboxylic acids is 2. The van der Waals surface area contributed by atoms with E-state index in [4.69, 9.17) is 9.47 Å². The molecule has 4 heteroatoms. The van der Waals surface area contributed by atoms with Crippen LogP contribution in [0.25, 0.3) is 0 Å². The lowest BCUT2D eigenvalue weighted by atomic mass is 9.66. The largest absolute Gasteiger partial charge is 0.456 e. The maximum atomic E-state index is 12.8. The molecule has 0 N–H and O–H groups in total. The molecule has 5 aliphatic rings. The Morgan fingerprint density at radius 3 is 2.59 bits per heavy atom. The molecule has 0 radical (unpaired) electrons. The Morgan fingerprint density at radius 2 is 1.93 bits per heavy atom. The number of esters is 2. The first-order valence-corrected chi connectivity index (χ1v) is 10.9. The van der Waals surface area contributed by atoms with Crippen molar-refractivity contribution in [2.75, 3.05) is 6.61 Å². The van der Waals surface area contributed by atoms with Gasteiger partial charge in [-0.3, -0.25) is 0 Å². The van der Waals surface area contributed by atoms with Crippen molar-refractivity contribution in [1.29, 1.82) is 0 Å². The van der Waals surface area contributed by atoms with Gasteiger partial charge < -0.3 is 9.47 Å². The maximum Gasteiger partial charge on any atom is 0.344 e. The van der Waals surface area contributed by atoms with Gasteiger partial charge >= 0.3 is 11.9 Å². The molecule has 0 aromatic rings. The van der Waals surface area contributed by atoms with E-state index in [1.54, 1.807) is 6.92 Å². The zero-order valence-corrected chi connectivity index (χ0v) is 16.7. The highest BCUT2D eigenvalue weighted by Crippen LogP contribution is 2.79. The van der Waals surface area contributed by atoms with Crippen LogP contribution in [-0.2, 0) is 19.1 Å². The van der Waals surface area contributed by atoms with Gasteiger partial charge in [0.2, 0.25) is 0 Å². The van der Waals surface area contributed by atoms with Crippen LogP contribution in [-0.4, -0.2) is 24.1 Å². The lowest BCUT2D eigenvalue weighted by Gasteiger charge is -2.46. The van der Waals surface area contributed by atoms with Crippen molar-refractivity contribution in [2.24, 2.45) is 40.9 Å². The van der Waals surface area contributed by atoms with Crippen LogP contribution in [0.2, 0.25) is 0 Å². The predicted octanol–water partition coefficient (Wildman–Crippen LogP) is 4.28. The topological polar surface area (TPSA) is 52.6 Å². The molecule has 0 aliphatic heterocycles. The van der Waals surface area contributed by atoms with Crippen molar-refractivity contribution in [3.63, 3.8) is 0 Å². The van der Waals surface area contributed by atoms with Gasteiger partial charge in [-0.15, -0.1) is 0 Å². The molecular formula is C23H32O4. The van der Waals surface area contributed by atoms with E-state index in [-0.39, 0.29) is 18.2 Å². The minimum absolute atomic E-state index is 0.280. The molecule has 148 valence electrons. The van der Waals surface area contributed by atoms with Crippen LogP contribution < -0.4 is 0 Å². The molecule has 8 atom stereocenters. The van der Waals surface area contributed by atoms with Gasteiger partial charge in [0.05, 0.1) is 0 Å². The first-order chi connectivity index (χ1) is 12.8. The lowest BCUT2D eigenvalue weighted by Crippen LogP contribution is -2.51. The Bertz CT molecular complexity index is 698. The number of carbonyl (C=O) groups is 2. The van der Waals surface area contributed by atoms with Crippen LogP contribution in [0.3, 0.4) is 0 Å². The molecule has 0 aromatic heterocycles. The third kappa shape index (κ3) is 2.54. The van der Waals surface area contributed by atoms with E-state index >= 15 is 0 Å². The monoisotopic (exact) mass is 372 g/mol. The molecule has 5 saturated carbocycles. The fourth-order valence-corrected chi connectivity index (χ4v) is 8.05. The average Bonchev–Trinajstić information content (AvgIpc) is 2.97. The summed E-state index contributed by atoms with van der Waals surface area (Å²) in [6, 6.07) is 0.